The number of allylic oxidation sites excluding steroid dienone is 1. The Morgan fingerprint density at radius 2 is 1.74 bits per heavy atom. The number of nitrogens with one attached hydrogen (secondary N) is 1. The number of ether oxygens (including phenoxy) is 3. The molecule has 0 saturated heterocycles. The Balaban J connectivity index is 2.19. The lowest BCUT2D eigenvalue weighted by Crippen LogP contribution is -2.48. The molecule has 1 atom stereocenters. The molecule has 3 rings (SSSR count). The molecule has 0 bridgehead atoms. The third-order valence-corrected chi connectivity index (χ3v) is 5.44. The number of benzene rings is 2. The van der Waals surface area contributed by atoms with Crippen molar-refractivity contribution >= 4 is 29.0 Å². The predicted molar refractivity (Wildman–Crippen MR) is 118 cm³/mol. The minimum absolute atomic E-state index is 0.163. The molecule has 164 valence electrons. The van der Waals surface area contributed by atoms with E-state index in [-0.39, 0.29) is 33.8 Å². The van der Waals surface area contributed by atoms with Gasteiger partial charge in [-0.1, -0.05) is 6.07 Å². The van der Waals surface area contributed by atoms with Gasteiger partial charge in [0.25, 0.3) is 0 Å². The third-order valence-electron chi connectivity index (χ3n) is 5.14. The molecule has 1 aliphatic rings. The monoisotopic (exact) mass is 446 g/mol. The highest BCUT2D eigenvalue weighted by atomic mass is 32.1. The quantitative estimate of drug-likeness (QED) is 0.531. The second-order valence-electron chi connectivity index (χ2n) is 6.92. The van der Waals surface area contributed by atoms with Gasteiger partial charge in [0.1, 0.15) is 5.82 Å². The third kappa shape index (κ3) is 4.00. The molecule has 0 spiro atoms. The van der Waals surface area contributed by atoms with Gasteiger partial charge in [-0.05, 0) is 61.5 Å². The Hall–Kier alpha value is -3.33. The highest BCUT2D eigenvalue weighted by Crippen LogP contribution is 2.42. The van der Waals surface area contributed by atoms with Crippen LogP contribution >= 0.6 is 12.2 Å². The van der Waals surface area contributed by atoms with Gasteiger partial charge in [-0.2, -0.15) is 0 Å². The Bertz CT molecular complexity index is 1060. The lowest BCUT2D eigenvalue weighted by molar-refractivity contribution is -0.136. The average molecular weight is 447 g/mol. The first-order valence-electron chi connectivity index (χ1n) is 9.34. The summed E-state index contributed by atoms with van der Waals surface area (Å²) in [6.45, 7) is 3.37. The van der Waals surface area contributed by atoms with Crippen molar-refractivity contribution in [2.24, 2.45) is 0 Å². The second-order valence-corrected chi connectivity index (χ2v) is 7.30. The van der Waals surface area contributed by atoms with Gasteiger partial charge in [-0.25, -0.2) is 9.18 Å². The maximum absolute atomic E-state index is 14.2. The zero-order valence-electron chi connectivity index (χ0n) is 17.8. The van der Waals surface area contributed by atoms with Crippen LogP contribution in [0, 0.1) is 12.7 Å². The van der Waals surface area contributed by atoms with Gasteiger partial charge in [-0.15, -0.1) is 0 Å². The molecular weight excluding hydrogens is 423 g/mol. The van der Waals surface area contributed by atoms with Crippen LogP contribution in [0.25, 0.3) is 0 Å². The molecule has 1 heterocycles. The summed E-state index contributed by atoms with van der Waals surface area (Å²) in [5, 5.41) is 13.6. The summed E-state index contributed by atoms with van der Waals surface area (Å²) in [5.74, 6) is -0.785. The first kappa shape index (κ1) is 22.4. The van der Waals surface area contributed by atoms with E-state index in [1.165, 1.54) is 27.4 Å². The molecule has 0 aliphatic carbocycles. The van der Waals surface area contributed by atoms with E-state index >= 15 is 0 Å². The number of halogens is 1. The van der Waals surface area contributed by atoms with Gasteiger partial charge in [0.2, 0.25) is 5.75 Å². The molecule has 0 radical (unpaired) electrons. The second kappa shape index (κ2) is 8.81. The maximum atomic E-state index is 14.2. The Morgan fingerprint density at radius 3 is 2.26 bits per heavy atom. The summed E-state index contributed by atoms with van der Waals surface area (Å²) in [6.07, 6.45) is 0. The smallest absolute Gasteiger partial charge is 0.337 e. The number of phenolic OH excluding ortho intramolecular Hbond substituents is 1. The van der Waals surface area contributed by atoms with Crippen LogP contribution < -0.4 is 19.7 Å². The van der Waals surface area contributed by atoms with Gasteiger partial charge < -0.3 is 24.6 Å². The normalized spacial score (nSPS) is 16.1. The Kier molecular flexibility index (Phi) is 6.35. The zero-order valence-corrected chi connectivity index (χ0v) is 18.6. The van der Waals surface area contributed by atoms with Crippen molar-refractivity contribution in [3.05, 3.63) is 58.5 Å². The fourth-order valence-electron chi connectivity index (χ4n) is 3.48. The van der Waals surface area contributed by atoms with Crippen molar-refractivity contribution in [1.29, 1.82) is 0 Å². The van der Waals surface area contributed by atoms with Gasteiger partial charge in [0.15, 0.2) is 16.6 Å². The predicted octanol–water partition coefficient (Wildman–Crippen LogP) is 3.74. The van der Waals surface area contributed by atoms with E-state index in [1.54, 1.807) is 43.0 Å². The van der Waals surface area contributed by atoms with Crippen molar-refractivity contribution in [3.63, 3.8) is 0 Å². The van der Waals surface area contributed by atoms with Crippen LogP contribution in [-0.4, -0.2) is 37.5 Å². The number of anilines is 1. The van der Waals surface area contributed by atoms with Crippen molar-refractivity contribution in [2.45, 2.75) is 19.9 Å². The number of hydrogen-bond donors (Lipinski definition) is 2. The number of aryl methyl sites for hydroxylation is 1. The van der Waals surface area contributed by atoms with E-state index in [4.69, 9.17) is 26.4 Å². The summed E-state index contributed by atoms with van der Waals surface area (Å²) in [7, 11) is 4.10. The van der Waals surface area contributed by atoms with Gasteiger partial charge >= 0.3 is 5.97 Å². The molecule has 31 heavy (non-hydrogen) atoms. The minimum atomic E-state index is -0.713. The van der Waals surface area contributed by atoms with Crippen molar-refractivity contribution in [3.8, 4) is 17.2 Å². The van der Waals surface area contributed by atoms with E-state index in [0.717, 1.165) is 0 Å². The number of rotatable bonds is 5. The summed E-state index contributed by atoms with van der Waals surface area (Å²) < 4.78 is 29.7. The number of esters is 1. The summed E-state index contributed by atoms with van der Waals surface area (Å²) in [6, 6.07) is 7.16. The number of carbonyl (C=O) groups is 1. The largest absolute Gasteiger partial charge is 0.502 e. The summed E-state index contributed by atoms with van der Waals surface area (Å²) in [5.41, 5.74) is 2.28. The number of hydrogen-bond acceptors (Lipinski definition) is 6. The molecule has 2 N–H and O–H groups in total. The topological polar surface area (TPSA) is 80.3 Å². The number of methoxy groups -OCH3 is 3. The average Bonchev–Trinajstić information content (AvgIpc) is 2.75. The van der Waals surface area contributed by atoms with Crippen LogP contribution in [0.5, 0.6) is 17.2 Å². The number of thiocarbonyl (C=S) groups is 1. The van der Waals surface area contributed by atoms with E-state index in [2.05, 4.69) is 5.32 Å². The van der Waals surface area contributed by atoms with E-state index in [0.29, 0.717) is 22.5 Å². The molecule has 1 unspecified atom stereocenters. The molecule has 2 aromatic carbocycles. The maximum Gasteiger partial charge on any atom is 0.337 e. The lowest BCUT2D eigenvalue weighted by atomic mass is 9.94. The Morgan fingerprint density at radius 1 is 1.13 bits per heavy atom. The first-order valence-corrected chi connectivity index (χ1v) is 9.75. The zero-order chi connectivity index (χ0) is 22.9. The Labute approximate surface area is 185 Å². The molecule has 0 aromatic heterocycles. The highest BCUT2D eigenvalue weighted by Gasteiger charge is 2.36. The molecule has 0 amide bonds. The molecule has 0 fully saturated rings. The first-order chi connectivity index (χ1) is 14.7. The van der Waals surface area contributed by atoms with Crippen molar-refractivity contribution < 1.29 is 28.5 Å². The van der Waals surface area contributed by atoms with E-state index < -0.39 is 12.0 Å². The van der Waals surface area contributed by atoms with Gasteiger partial charge in [0, 0.05) is 5.70 Å². The van der Waals surface area contributed by atoms with E-state index in [1.807, 2.05) is 0 Å². The van der Waals surface area contributed by atoms with Gasteiger partial charge in [-0.3, -0.25) is 4.90 Å². The van der Waals surface area contributed by atoms with Crippen molar-refractivity contribution in [2.75, 3.05) is 26.2 Å². The summed E-state index contributed by atoms with van der Waals surface area (Å²) in [4.78, 5) is 14.3. The van der Waals surface area contributed by atoms with Crippen LogP contribution in [0.15, 0.2) is 41.6 Å². The van der Waals surface area contributed by atoms with Crippen LogP contribution in [0.2, 0.25) is 0 Å². The molecule has 0 saturated carbocycles. The number of nitrogens with zero attached hydrogens (tertiary/aromatic N) is 1. The fraction of sp³-hybridized carbons (Fsp3) is 0.273. The minimum Gasteiger partial charge on any atom is -0.502 e. The SMILES string of the molecule is COC(=O)C1=C(C)N(c2ccc(C)c(F)c2)C(=S)NC1c1cc(OC)c(O)c(OC)c1. The standard InChI is InChI=1S/C22H23FN2O5S/c1-11-6-7-14(10-15(11)23)25-12(2)18(21(27)30-5)19(24-22(25)31)13-8-16(28-3)20(26)17(9-13)29-4/h6-10,19,26H,1-5H3,(H,24,31). The molecule has 2 aromatic rings. The lowest BCUT2D eigenvalue weighted by Gasteiger charge is -2.37. The van der Waals surface area contributed by atoms with Crippen LogP contribution in [0.4, 0.5) is 10.1 Å². The van der Waals surface area contributed by atoms with E-state index in [9.17, 15) is 14.3 Å². The molecule has 1 aliphatic heterocycles. The summed E-state index contributed by atoms with van der Waals surface area (Å²) >= 11 is 5.56. The molecule has 9 heteroatoms. The van der Waals surface area contributed by atoms with Crippen molar-refractivity contribution in [1.82, 2.24) is 5.32 Å². The molecular formula is C22H23FN2O5S. The van der Waals surface area contributed by atoms with Crippen LogP contribution in [0.3, 0.4) is 0 Å². The molecule has 7 nitrogen and oxygen atoms in total. The van der Waals surface area contributed by atoms with Gasteiger partial charge in [0.05, 0.1) is 38.6 Å². The number of aromatic hydroxyl groups is 1. The number of phenols is 1. The fourth-order valence-corrected chi connectivity index (χ4v) is 3.84. The van der Waals surface area contributed by atoms with Crippen LogP contribution in [0.1, 0.15) is 24.1 Å². The highest BCUT2D eigenvalue weighted by molar-refractivity contribution is 7.80. The van der Waals surface area contributed by atoms with Crippen LogP contribution in [-0.2, 0) is 9.53 Å². The number of carbonyl (C=O) groups excluding carboxylic acids is 1.